The van der Waals surface area contributed by atoms with Crippen molar-refractivity contribution in [3.05, 3.63) is 47.0 Å². The Labute approximate surface area is 610 Å². The summed E-state index contributed by atoms with van der Waals surface area (Å²) < 4.78 is 107. The van der Waals surface area contributed by atoms with Crippen LogP contribution in [0.15, 0.2) is 24.3 Å². The van der Waals surface area contributed by atoms with Gasteiger partial charge in [-0.1, -0.05) is 58.6 Å². The molecule has 3 heterocycles. The third-order valence-corrected chi connectivity index (χ3v) is 22.3. The number of halogens is 7. The van der Waals surface area contributed by atoms with Crippen molar-refractivity contribution in [1.29, 1.82) is 0 Å². The van der Waals surface area contributed by atoms with Crippen LogP contribution in [-0.4, -0.2) is 270 Å². The molecule has 1 aromatic carbocycles. The highest BCUT2D eigenvalue weighted by atomic mass is 19.4. The van der Waals surface area contributed by atoms with Gasteiger partial charge in [0, 0.05) is 95.3 Å². The zero-order chi connectivity index (χ0) is 77.9. The van der Waals surface area contributed by atoms with Crippen LogP contribution < -0.4 is 16.0 Å². The van der Waals surface area contributed by atoms with Crippen LogP contribution in [-0.2, 0) is 74.9 Å². The molecule has 3 aliphatic carbocycles. The number of nitrogens with zero attached hydrogens (tertiary/aromatic N) is 9. The van der Waals surface area contributed by atoms with Crippen LogP contribution in [0.4, 0.5) is 30.7 Å². The van der Waals surface area contributed by atoms with Gasteiger partial charge >= 0.3 is 6.18 Å². The SMILES string of the molecule is CCC[C@H]1C(=O)N[C@@H]([C@@H](C)CC)C(=O)N(C)CC(=O)N(C)[C@H]2C/C=C\CCN(C2=O)[C@@H](CC2CCC(F)(F)CC2)C(=O)N(C)CC(=O)N[C@H](CCc2cc(F)c(C(F)(F)F)c(F)c2)C(=O)N2C[C@H](OCC)C[C@H]2C(=O)NC2(CCC2)C(=O)N(C)[C@@H](C2CCCC2)C(=O)N(C)[C@H](C(=O)N(C)C)CC(=O)N1C. The van der Waals surface area contributed by atoms with Gasteiger partial charge in [0.25, 0.3) is 0 Å². The highest BCUT2D eigenvalue weighted by molar-refractivity contribution is 6.01. The molecule has 0 radical (unpaired) electrons. The predicted molar refractivity (Wildman–Crippen MR) is 370 cm³/mol. The Bertz CT molecular complexity index is 3360. The van der Waals surface area contributed by atoms with E-state index in [0.717, 1.165) is 29.4 Å². The molecule has 0 aromatic heterocycles. The lowest BCUT2D eigenvalue weighted by Crippen LogP contribution is -2.68. The summed E-state index contributed by atoms with van der Waals surface area (Å²) in [6, 6.07) is -10.5. The van der Waals surface area contributed by atoms with E-state index in [1.807, 2.05) is 0 Å². The van der Waals surface area contributed by atoms with Crippen LogP contribution in [0.1, 0.15) is 167 Å². The molecule has 3 saturated carbocycles. The minimum atomic E-state index is -5.44. The van der Waals surface area contributed by atoms with Crippen molar-refractivity contribution in [3.63, 3.8) is 0 Å². The Morgan fingerprint density at radius 2 is 1.31 bits per heavy atom. The maximum Gasteiger partial charge on any atom is 0.422 e. The highest BCUT2D eigenvalue weighted by Crippen LogP contribution is 2.41. The Morgan fingerprint density at radius 1 is 0.686 bits per heavy atom. The van der Waals surface area contributed by atoms with Crippen molar-refractivity contribution in [3.8, 4) is 0 Å². The fourth-order valence-corrected chi connectivity index (χ4v) is 15.6. The standard InChI is InChI=1S/C73H107F7N12O13/c1-13-22-51-62(96)82-60(43(4)14-2)68(102)86(8)42-58(95)88(10)52-25-17-16-20-34-91(67(52)101)55(37-44-28-32-72(76,77)33-29-44)66(100)85(7)41-56(93)81-50(27-26-45-35-48(74)59(49(75)36-45)73(78,79)80)64(98)92-40-47(105-15-3)38-53(92)63(97)83-71(30-21-31-71)70(104)90(12)61(46-23-18-19-24-46)69(103)89(11)54(65(99)84(5)6)39-57(94)87(51)9/h16-17,35-36,43-44,46-47,50-55,60-61H,13-15,18-34,37-42H2,1-12H3,(H,81,93)(H,82,96)(H,83,97)/b17-16-/t43-,47+,50+,51-,52-,53-,54-,55-,60-,61-/m0/s1. The number of hydrogen-bond donors (Lipinski definition) is 3. The minimum Gasteiger partial charge on any atom is -0.377 e. The number of carbonyl (C=O) groups excluding carboxylic acids is 12. The van der Waals surface area contributed by atoms with Crippen LogP contribution in [0.3, 0.4) is 0 Å². The van der Waals surface area contributed by atoms with Gasteiger partial charge in [0.05, 0.1) is 25.6 Å². The van der Waals surface area contributed by atoms with E-state index in [1.165, 1.54) is 71.1 Å². The molecule has 7 rings (SSSR count). The number of amides is 12. The van der Waals surface area contributed by atoms with Crippen molar-refractivity contribution < 1.29 is 93.0 Å². The van der Waals surface area contributed by atoms with E-state index in [-0.39, 0.29) is 83.0 Å². The van der Waals surface area contributed by atoms with Crippen molar-refractivity contribution in [2.75, 3.05) is 89.2 Å². The molecule has 3 N–H and O–H groups in total. The first-order chi connectivity index (χ1) is 49.3. The lowest BCUT2D eigenvalue weighted by molar-refractivity contribution is -0.157. The fourth-order valence-electron chi connectivity index (χ4n) is 15.6. The Balaban J connectivity index is 1.33. The van der Waals surface area contributed by atoms with Gasteiger partial charge in [0.1, 0.15) is 71.1 Å². The van der Waals surface area contributed by atoms with E-state index in [0.29, 0.717) is 57.1 Å². The van der Waals surface area contributed by atoms with Crippen LogP contribution in [0.25, 0.3) is 0 Å². The number of fused-ring (bicyclic) bond motifs is 3. The lowest BCUT2D eigenvalue weighted by atomic mass is 9.74. The van der Waals surface area contributed by atoms with E-state index in [2.05, 4.69) is 16.0 Å². The summed E-state index contributed by atoms with van der Waals surface area (Å²) in [7, 11) is 10.9. The molecule has 3 aliphatic heterocycles. The largest absolute Gasteiger partial charge is 0.422 e. The number of benzene rings is 1. The molecule has 586 valence electrons. The van der Waals surface area contributed by atoms with Crippen LogP contribution in [0, 0.1) is 29.4 Å². The third kappa shape index (κ3) is 20.2. The molecule has 5 fully saturated rings. The Morgan fingerprint density at radius 3 is 1.89 bits per heavy atom. The van der Waals surface area contributed by atoms with Crippen molar-refractivity contribution in [1.82, 2.24) is 60.0 Å². The number of likely N-dealkylation sites (N-methyl/N-ethyl adjacent to an activating group) is 7. The van der Waals surface area contributed by atoms with Gasteiger partial charge in [0.2, 0.25) is 76.8 Å². The van der Waals surface area contributed by atoms with Crippen LogP contribution in [0.5, 0.6) is 0 Å². The van der Waals surface area contributed by atoms with Gasteiger partial charge in [0.15, 0.2) is 0 Å². The topological polar surface area (TPSA) is 279 Å². The normalized spacial score (nSPS) is 27.9. The molecular formula is C73H107F7N12O13. The molecule has 6 aliphatic rings. The summed E-state index contributed by atoms with van der Waals surface area (Å²) in [5.74, 6) is -18.1. The first-order valence-corrected chi connectivity index (χ1v) is 36.8. The van der Waals surface area contributed by atoms with Gasteiger partial charge in [-0.2, -0.15) is 13.2 Å². The van der Waals surface area contributed by atoms with Crippen LogP contribution in [0.2, 0.25) is 0 Å². The Hall–Kier alpha value is -7.93. The lowest BCUT2D eigenvalue weighted by Gasteiger charge is -2.46. The number of rotatable bonds is 13. The van der Waals surface area contributed by atoms with Gasteiger partial charge in [-0.3, -0.25) is 57.5 Å². The van der Waals surface area contributed by atoms with Gasteiger partial charge in [-0.05, 0) is 126 Å². The number of hydrogen-bond acceptors (Lipinski definition) is 13. The molecule has 32 heteroatoms. The number of aryl methyl sites for hydroxylation is 1. The molecule has 25 nitrogen and oxygen atoms in total. The van der Waals surface area contributed by atoms with Gasteiger partial charge in [-0.25, -0.2) is 17.6 Å². The second-order valence-corrected chi connectivity index (χ2v) is 29.8. The van der Waals surface area contributed by atoms with E-state index in [1.54, 1.807) is 39.8 Å². The monoisotopic (exact) mass is 1490 g/mol. The summed E-state index contributed by atoms with van der Waals surface area (Å²) in [5, 5.41) is 8.32. The number of ether oxygens (including phenoxy) is 1. The maximum atomic E-state index is 15.5. The smallest absolute Gasteiger partial charge is 0.377 e. The van der Waals surface area contributed by atoms with Crippen molar-refractivity contribution in [2.45, 2.75) is 235 Å². The molecule has 10 atom stereocenters. The van der Waals surface area contributed by atoms with Gasteiger partial charge < -0.3 is 64.8 Å². The second-order valence-electron chi connectivity index (χ2n) is 29.8. The number of nitrogens with one attached hydrogen (secondary N) is 3. The molecule has 1 aromatic rings. The Kier molecular flexibility index (Phi) is 29.0. The molecular weight excluding hydrogens is 1390 g/mol. The summed E-state index contributed by atoms with van der Waals surface area (Å²) in [5.41, 5.74) is -4.23. The predicted octanol–water partition coefficient (Wildman–Crippen LogP) is 5.45. The summed E-state index contributed by atoms with van der Waals surface area (Å²) in [4.78, 5) is 190. The van der Waals surface area contributed by atoms with Gasteiger partial charge in [-0.15, -0.1) is 0 Å². The third-order valence-electron chi connectivity index (χ3n) is 22.3. The summed E-state index contributed by atoms with van der Waals surface area (Å²) in [6.07, 6.45) is -2.55. The minimum absolute atomic E-state index is 0.0544. The summed E-state index contributed by atoms with van der Waals surface area (Å²) >= 11 is 0. The maximum absolute atomic E-state index is 15.5. The van der Waals surface area contributed by atoms with Crippen molar-refractivity contribution in [2.24, 2.45) is 17.8 Å². The van der Waals surface area contributed by atoms with Crippen molar-refractivity contribution >= 4 is 70.9 Å². The van der Waals surface area contributed by atoms with E-state index in [4.69, 9.17) is 4.74 Å². The number of alkyl halides is 5. The van der Waals surface area contributed by atoms with E-state index in [9.17, 15) is 50.7 Å². The highest BCUT2D eigenvalue weighted by Gasteiger charge is 2.54. The second kappa shape index (κ2) is 36.1. The fraction of sp³-hybridized carbons (Fsp3) is 0.726. The zero-order valence-electron chi connectivity index (χ0n) is 62.6. The zero-order valence-corrected chi connectivity index (χ0v) is 62.6. The summed E-state index contributed by atoms with van der Waals surface area (Å²) in [6.45, 7) is 5.03. The molecule has 12 amide bonds. The van der Waals surface area contributed by atoms with Crippen LogP contribution >= 0.6 is 0 Å². The molecule has 105 heavy (non-hydrogen) atoms. The first-order valence-electron chi connectivity index (χ1n) is 36.8. The van der Waals surface area contributed by atoms with E-state index < -0.39 is 223 Å². The number of carbonyl (C=O) groups is 12. The molecule has 0 unspecified atom stereocenters. The molecule has 2 saturated heterocycles. The quantitative estimate of drug-likeness (QED) is 0.164. The molecule has 1 spiro atoms. The molecule has 2 bridgehead atoms. The van der Waals surface area contributed by atoms with E-state index >= 15 is 37.5 Å². The average molecular weight is 1490 g/mol. The first kappa shape index (κ1) is 84.3. The average Bonchev–Trinajstić information content (AvgIpc) is 1.66.